The molecule has 0 unspecified atom stereocenters. The Morgan fingerprint density at radius 2 is 1.81 bits per heavy atom. The number of alkyl halides is 3. The molecule has 2 N–H and O–H groups in total. The molecule has 0 radical (unpaired) electrons. The predicted octanol–water partition coefficient (Wildman–Crippen LogP) is 4.78. The van der Waals surface area contributed by atoms with Crippen molar-refractivity contribution in [2.75, 3.05) is 11.9 Å². The van der Waals surface area contributed by atoms with Crippen molar-refractivity contribution in [2.24, 2.45) is 0 Å². The number of carbonyl (C=O) groups excluding carboxylic acids is 1. The molecule has 7 heteroatoms. The summed E-state index contributed by atoms with van der Waals surface area (Å²) in [5, 5.41) is 3.53. The Balaban J connectivity index is 1.56. The van der Waals surface area contributed by atoms with Gasteiger partial charge in [-0.1, -0.05) is 30.3 Å². The summed E-state index contributed by atoms with van der Waals surface area (Å²) < 4.78 is 39.3. The van der Waals surface area contributed by atoms with E-state index in [0.29, 0.717) is 19.5 Å². The maximum absolute atomic E-state index is 13.1. The van der Waals surface area contributed by atoms with Gasteiger partial charge < -0.3 is 15.2 Å². The van der Waals surface area contributed by atoms with Gasteiger partial charge in [0.2, 0.25) is 0 Å². The van der Waals surface area contributed by atoms with Gasteiger partial charge in [-0.15, -0.1) is 0 Å². The number of aromatic amines is 1. The van der Waals surface area contributed by atoms with Crippen molar-refractivity contribution >= 4 is 22.6 Å². The highest BCUT2D eigenvalue weighted by Crippen LogP contribution is 2.35. The molecule has 0 saturated heterocycles. The third-order valence-corrected chi connectivity index (χ3v) is 4.64. The van der Waals surface area contributed by atoms with Crippen LogP contribution in [0.15, 0.2) is 48.5 Å². The van der Waals surface area contributed by atoms with Gasteiger partial charge in [-0.05, 0) is 30.2 Å². The zero-order valence-electron chi connectivity index (χ0n) is 13.7. The molecule has 1 aliphatic rings. The number of para-hydroxylation sites is 2. The van der Waals surface area contributed by atoms with Gasteiger partial charge in [0.25, 0.3) is 0 Å². The van der Waals surface area contributed by atoms with Gasteiger partial charge in [0.15, 0.2) is 0 Å². The zero-order chi connectivity index (χ0) is 18.3. The number of halogens is 3. The molecule has 1 aliphatic heterocycles. The third-order valence-electron chi connectivity index (χ3n) is 4.64. The zero-order valence-corrected chi connectivity index (χ0v) is 13.7. The number of nitrogens with zero attached hydrogens (tertiary/aromatic N) is 1. The molecular formula is C19H16F3N3O. The summed E-state index contributed by atoms with van der Waals surface area (Å²) in [6.45, 7) is 0.791. The van der Waals surface area contributed by atoms with E-state index in [2.05, 4.69) is 10.3 Å². The second-order valence-electron chi connectivity index (χ2n) is 6.27. The van der Waals surface area contributed by atoms with E-state index in [1.807, 2.05) is 24.3 Å². The first-order valence-corrected chi connectivity index (χ1v) is 8.24. The Kier molecular flexibility index (Phi) is 3.86. The number of H-pyrrole nitrogens is 1. The fourth-order valence-electron chi connectivity index (χ4n) is 3.40. The lowest BCUT2D eigenvalue weighted by Gasteiger charge is -2.27. The van der Waals surface area contributed by atoms with Crippen molar-refractivity contribution in [1.82, 2.24) is 9.88 Å². The largest absolute Gasteiger partial charge is 0.418 e. The number of urea groups is 1. The van der Waals surface area contributed by atoms with E-state index in [4.69, 9.17) is 0 Å². The summed E-state index contributed by atoms with van der Waals surface area (Å²) in [7, 11) is 0. The lowest BCUT2D eigenvalue weighted by Crippen LogP contribution is -2.39. The minimum atomic E-state index is -4.52. The van der Waals surface area contributed by atoms with E-state index in [0.717, 1.165) is 22.7 Å². The molecule has 0 atom stereocenters. The van der Waals surface area contributed by atoms with Gasteiger partial charge in [-0.25, -0.2) is 4.79 Å². The van der Waals surface area contributed by atoms with Crippen LogP contribution in [0.4, 0.5) is 23.7 Å². The van der Waals surface area contributed by atoms with Crippen molar-refractivity contribution in [1.29, 1.82) is 0 Å². The second-order valence-corrected chi connectivity index (χ2v) is 6.27. The van der Waals surface area contributed by atoms with Crippen LogP contribution in [0, 0.1) is 0 Å². The Hall–Kier alpha value is -2.96. The predicted molar refractivity (Wildman–Crippen MR) is 92.9 cm³/mol. The van der Waals surface area contributed by atoms with Crippen LogP contribution in [-0.4, -0.2) is 22.5 Å². The minimum Gasteiger partial charge on any atom is -0.357 e. The van der Waals surface area contributed by atoms with E-state index >= 15 is 0 Å². The molecule has 134 valence electrons. The lowest BCUT2D eigenvalue weighted by molar-refractivity contribution is -0.136. The standard InChI is InChI=1S/C19H16F3N3O/c20-19(21,22)14-6-2-4-8-16(14)24-18(26)25-10-9-13-12-5-1-3-7-15(12)23-17(13)11-25/h1-8,23H,9-11H2,(H,24,26). The maximum atomic E-state index is 13.1. The van der Waals surface area contributed by atoms with E-state index < -0.39 is 17.8 Å². The Labute approximate surface area is 147 Å². The summed E-state index contributed by atoms with van der Waals surface area (Å²) in [5.74, 6) is 0. The molecule has 0 bridgehead atoms. The summed E-state index contributed by atoms with van der Waals surface area (Å²) in [6.07, 6.45) is -3.86. The number of benzene rings is 2. The Morgan fingerprint density at radius 1 is 1.08 bits per heavy atom. The van der Waals surface area contributed by atoms with Crippen molar-refractivity contribution in [3.63, 3.8) is 0 Å². The lowest BCUT2D eigenvalue weighted by atomic mass is 10.0. The number of fused-ring (bicyclic) bond motifs is 3. The first-order chi connectivity index (χ1) is 12.4. The van der Waals surface area contributed by atoms with Crippen LogP contribution < -0.4 is 5.32 Å². The number of hydrogen-bond acceptors (Lipinski definition) is 1. The molecule has 2 amide bonds. The van der Waals surface area contributed by atoms with E-state index in [-0.39, 0.29) is 5.69 Å². The average Bonchev–Trinajstić information content (AvgIpc) is 2.99. The SMILES string of the molecule is O=C(Nc1ccccc1C(F)(F)F)N1CCc2c([nH]c3ccccc23)C1. The van der Waals surface area contributed by atoms with Gasteiger partial charge in [0.1, 0.15) is 0 Å². The summed E-state index contributed by atoms with van der Waals surface area (Å²) >= 11 is 0. The average molecular weight is 359 g/mol. The molecule has 0 aliphatic carbocycles. The van der Waals surface area contributed by atoms with Crippen LogP contribution in [0.5, 0.6) is 0 Å². The molecule has 0 saturated carbocycles. The monoisotopic (exact) mass is 359 g/mol. The van der Waals surface area contributed by atoms with E-state index in [1.165, 1.54) is 28.7 Å². The van der Waals surface area contributed by atoms with Crippen LogP contribution in [0.25, 0.3) is 10.9 Å². The summed E-state index contributed by atoms with van der Waals surface area (Å²) in [4.78, 5) is 17.3. The number of anilines is 1. The molecule has 3 aromatic rings. The van der Waals surface area contributed by atoms with Crippen LogP contribution >= 0.6 is 0 Å². The molecule has 4 nitrogen and oxygen atoms in total. The van der Waals surface area contributed by atoms with Crippen LogP contribution in [-0.2, 0) is 19.1 Å². The molecule has 26 heavy (non-hydrogen) atoms. The molecule has 2 heterocycles. The summed E-state index contributed by atoms with van der Waals surface area (Å²) in [6, 6.07) is 12.4. The van der Waals surface area contributed by atoms with Crippen molar-refractivity contribution in [3.8, 4) is 0 Å². The van der Waals surface area contributed by atoms with Crippen LogP contribution in [0.3, 0.4) is 0 Å². The molecular weight excluding hydrogens is 343 g/mol. The minimum absolute atomic E-state index is 0.229. The van der Waals surface area contributed by atoms with E-state index in [1.54, 1.807) is 0 Å². The Bertz CT molecular complexity index is 978. The van der Waals surface area contributed by atoms with Gasteiger partial charge >= 0.3 is 12.2 Å². The number of hydrogen-bond donors (Lipinski definition) is 2. The third kappa shape index (κ3) is 2.89. The number of amides is 2. The smallest absolute Gasteiger partial charge is 0.357 e. The fraction of sp³-hybridized carbons (Fsp3) is 0.211. The van der Waals surface area contributed by atoms with Crippen molar-refractivity contribution < 1.29 is 18.0 Å². The highest BCUT2D eigenvalue weighted by atomic mass is 19.4. The topological polar surface area (TPSA) is 48.1 Å². The molecule has 0 fully saturated rings. The van der Waals surface area contributed by atoms with Gasteiger partial charge in [0.05, 0.1) is 17.8 Å². The molecule has 2 aromatic carbocycles. The molecule has 4 rings (SSSR count). The maximum Gasteiger partial charge on any atom is 0.418 e. The normalized spacial score (nSPS) is 14.3. The second kappa shape index (κ2) is 6.09. The quantitative estimate of drug-likeness (QED) is 0.646. The van der Waals surface area contributed by atoms with E-state index in [9.17, 15) is 18.0 Å². The number of nitrogens with one attached hydrogen (secondary N) is 2. The molecule has 0 spiro atoms. The Morgan fingerprint density at radius 3 is 2.62 bits per heavy atom. The van der Waals surface area contributed by atoms with Gasteiger partial charge in [0, 0.05) is 23.1 Å². The van der Waals surface area contributed by atoms with Gasteiger partial charge in [-0.3, -0.25) is 0 Å². The van der Waals surface area contributed by atoms with Crippen LogP contribution in [0.1, 0.15) is 16.8 Å². The molecule has 1 aromatic heterocycles. The number of carbonyl (C=O) groups is 1. The summed E-state index contributed by atoms with van der Waals surface area (Å²) in [5.41, 5.74) is 2.02. The van der Waals surface area contributed by atoms with Crippen LogP contribution in [0.2, 0.25) is 0 Å². The first-order valence-electron chi connectivity index (χ1n) is 8.24. The van der Waals surface area contributed by atoms with Crippen molar-refractivity contribution in [2.45, 2.75) is 19.1 Å². The van der Waals surface area contributed by atoms with Crippen molar-refractivity contribution in [3.05, 3.63) is 65.4 Å². The highest BCUT2D eigenvalue weighted by molar-refractivity contribution is 5.91. The number of aromatic nitrogens is 1. The fourth-order valence-corrected chi connectivity index (χ4v) is 3.40. The number of rotatable bonds is 1. The van der Waals surface area contributed by atoms with Gasteiger partial charge in [-0.2, -0.15) is 13.2 Å². The highest BCUT2D eigenvalue weighted by Gasteiger charge is 2.34. The first kappa shape index (κ1) is 16.5.